The van der Waals surface area contributed by atoms with Gasteiger partial charge in [-0.15, -0.1) is 0 Å². The predicted octanol–water partition coefficient (Wildman–Crippen LogP) is 3.76. The first-order chi connectivity index (χ1) is 10.1. The normalized spacial score (nSPS) is 13.7. The van der Waals surface area contributed by atoms with Crippen molar-refractivity contribution in [2.45, 2.75) is 64.3 Å². The molecule has 0 fully saturated rings. The Morgan fingerprint density at radius 1 is 1.10 bits per heavy atom. The van der Waals surface area contributed by atoms with Crippen molar-refractivity contribution in [3.8, 4) is 0 Å². The standard InChI is InChI=1S/C18H29NO2/c1-3-4-5-6-7-11-14-17(21)19-18(2,15-20)16-12-9-8-10-13-16/h8-10,12-13,20H,3-7,11,14-15H2,1-2H3,(H,19,21). The molecule has 3 nitrogen and oxygen atoms in total. The fourth-order valence-electron chi connectivity index (χ4n) is 2.45. The van der Waals surface area contributed by atoms with Crippen LogP contribution in [0.1, 0.15) is 64.4 Å². The first kappa shape index (κ1) is 17.7. The highest BCUT2D eigenvalue weighted by Gasteiger charge is 2.27. The highest BCUT2D eigenvalue weighted by Crippen LogP contribution is 2.20. The van der Waals surface area contributed by atoms with E-state index in [4.69, 9.17) is 0 Å². The fraction of sp³-hybridized carbons (Fsp3) is 0.611. The minimum Gasteiger partial charge on any atom is -0.394 e. The van der Waals surface area contributed by atoms with Crippen molar-refractivity contribution >= 4 is 5.91 Å². The largest absolute Gasteiger partial charge is 0.394 e. The quantitative estimate of drug-likeness (QED) is 0.645. The summed E-state index contributed by atoms with van der Waals surface area (Å²) in [7, 11) is 0. The van der Waals surface area contributed by atoms with Crippen molar-refractivity contribution in [2.75, 3.05) is 6.61 Å². The van der Waals surface area contributed by atoms with Crippen LogP contribution in [-0.2, 0) is 10.3 Å². The van der Waals surface area contributed by atoms with E-state index in [0.29, 0.717) is 6.42 Å². The van der Waals surface area contributed by atoms with Crippen molar-refractivity contribution in [1.82, 2.24) is 5.32 Å². The summed E-state index contributed by atoms with van der Waals surface area (Å²) in [6, 6.07) is 9.63. The first-order valence-electron chi connectivity index (χ1n) is 8.10. The summed E-state index contributed by atoms with van der Waals surface area (Å²) in [5, 5.41) is 12.6. The smallest absolute Gasteiger partial charge is 0.220 e. The zero-order valence-electron chi connectivity index (χ0n) is 13.4. The molecule has 1 aromatic carbocycles. The number of benzene rings is 1. The first-order valence-corrected chi connectivity index (χ1v) is 8.10. The maximum absolute atomic E-state index is 12.1. The monoisotopic (exact) mass is 291 g/mol. The molecular formula is C18H29NO2. The number of carbonyl (C=O) groups is 1. The molecule has 1 unspecified atom stereocenters. The summed E-state index contributed by atoms with van der Waals surface area (Å²) >= 11 is 0. The van der Waals surface area contributed by atoms with Crippen LogP contribution >= 0.6 is 0 Å². The molecule has 0 aromatic heterocycles. The van der Waals surface area contributed by atoms with E-state index in [0.717, 1.165) is 18.4 Å². The van der Waals surface area contributed by atoms with Crippen LogP contribution < -0.4 is 5.32 Å². The Bertz CT molecular complexity index is 405. The molecule has 1 rings (SSSR count). The molecule has 0 bridgehead atoms. The van der Waals surface area contributed by atoms with Crippen LogP contribution in [0.4, 0.5) is 0 Å². The van der Waals surface area contributed by atoms with E-state index in [1.165, 1.54) is 25.7 Å². The molecular weight excluding hydrogens is 262 g/mol. The number of rotatable bonds is 10. The van der Waals surface area contributed by atoms with Crippen LogP contribution in [0.15, 0.2) is 30.3 Å². The van der Waals surface area contributed by atoms with Crippen LogP contribution in [0.25, 0.3) is 0 Å². The molecule has 0 spiro atoms. The second kappa shape index (κ2) is 9.56. The molecule has 1 amide bonds. The second-order valence-electron chi connectivity index (χ2n) is 5.92. The second-order valence-corrected chi connectivity index (χ2v) is 5.92. The summed E-state index contributed by atoms with van der Waals surface area (Å²) in [5.74, 6) is 0.0193. The lowest BCUT2D eigenvalue weighted by atomic mass is 9.92. The average molecular weight is 291 g/mol. The van der Waals surface area contributed by atoms with E-state index in [9.17, 15) is 9.90 Å². The van der Waals surface area contributed by atoms with Gasteiger partial charge in [0, 0.05) is 6.42 Å². The van der Waals surface area contributed by atoms with E-state index in [-0.39, 0.29) is 12.5 Å². The summed E-state index contributed by atoms with van der Waals surface area (Å²) in [6.45, 7) is 3.97. The van der Waals surface area contributed by atoms with Gasteiger partial charge in [0.25, 0.3) is 0 Å². The maximum Gasteiger partial charge on any atom is 0.220 e. The zero-order chi connectivity index (χ0) is 15.6. The van der Waals surface area contributed by atoms with Gasteiger partial charge in [-0.1, -0.05) is 69.4 Å². The maximum atomic E-state index is 12.1. The predicted molar refractivity (Wildman–Crippen MR) is 87.0 cm³/mol. The highest BCUT2D eigenvalue weighted by atomic mass is 16.3. The molecule has 0 heterocycles. The minimum absolute atomic E-state index is 0.0193. The van der Waals surface area contributed by atoms with Crippen LogP contribution in [0.3, 0.4) is 0 Å². The van der Waals surface area contributed by atoms with E-state index in [2.05, 4.69) is 12.2 Å². The molecule has 0 saturated heterocycles. The SMILES string of the molecule is CCCCCCCCC(=O)NC(C)(CO)c1ccccc1. The van der Waals surface area contributed by atoms with Gasteiger partial charge in [-0.25, -0.2) is 0 Å². The van der Waals surface area contributed by atoms with Gasteiger partial charge in [-0.2, -0.15) is 0 Å². The lowest BCUT2D eigenvalue weighted by Crippen LogP contribution is -2.46. The lowest BCUT2D eigenvalue weighted by Gasteiger charge is -2.29. The van der Waals surface area contributed by atoms with E-state index < -0.39 is 5.54 Å². The number of aliphatic hydroxyl groups excluding tert-OH is 1. The number of hydrogen-bond donors (Lipinski definition) is 2. The van der Waals surface area contributed by atoms with Gasteiger partial charge in [0.2, 0.25) is 5.91 Å². The van der Waals surface area contributed by atoms with Crippen molar-refractivity contribution in [1.29, 1.82) is 0 Å². The van der Waals surface area contributed by atoms with Gasteiger partial charge in [0.05, 0.1) is 12.1 Å². The van der Waals surface area contributed by atoms with Gasteiger partial charge in [0.15, 0.2) is 0 Å². The molecule has 3 heteroatoms. The Labute approximate surface area is 128 Å². The third kappa shape index (κ3) is 6.30. The highest BCUT2D eigenvalue weighted by molar-refractivity contribution is 5.77. The topological polar surface area (TPSA) is 49.3 Å². The van der Waals surface area contributed by atoms with Crippen LogP contribution in [0.5, 0.6) is 0 Å². The van der Waals surface area contributed by atoms with Gasteiger partial charge in [0.1, 0.15) is 0 Å². The van der Waals surface area contributed by atoms with Crippen molar-refractivity contribution in [3.63, 3.8) is 0 Å². The number of aliphatic hydroxyl groups is 1. The van der Waals surface area contributed by atoms with E-state index in [1.807, 2.05) is 37.3 Å². The van der Waals surface area contributed by atoms with Crippen LogP contribution in [0, 0.1) is 0 Å². The Kier molecular flexibility index (Phi) is 8.06. The van der Waals surface area contributed by atoms with Crippen molar-refractivity contribution in [2.24, 2.45) is 0 Å². The fourth-order valence-corrected chi connectivity index (χ4v) is 2.45. The molecule has 118 valence electrons. The lowest BCUT2D eigenvalue weighted by molar-refractivity contribution is -0.123. The molecule has 1 aromatic rings. The molecule has 0 saturated carbocycles. The van der Waals surface area contributed by atoms with Crippen molar-refractivity contribution < 1.29 is 9.90 Å². The molecule has 1 atom stereocenters. The zero-order valence-corrected chi connectivity index (χ0v) is 13.4. The summed E-state index contributed by atoms with van der Waals surface area (Å²) < 4.78 is 0. The molecule has 0 aliphatic heterocycles. The summed E-state index contributed by atoms with van der Waals surface area (Å²) in [5.41, 5.74) is 0.240. The van der Waals surface area contributed by atoms with Crippen LogP contribution in [-0.4, -0.2) is 17.6 Å². The number of carbonyl (C=O) groups excluding carboxylic acids is 1. The average Bonchev–Trinajstić information content (AvgIpc) is 2.51. The van der Waals surface area contributed by atoms with Gasteiger partial charge >= 0.3 is 0 Å². The Hall–Kier alpha value is -1.35. The molecule has 21 heavy (non-hydrogen) atoms. The third-order valence-electron chi connectivity index (χ3n) is 3.90. The summed E-state index contributed by atoms with van der Waals surface area (Å²) in [4.78, 5) is 12.1. The molecule has 0 aliphatic carbocycles. The summed E-state index contributed by atoms with van der Waals surface area (Å²) in [6.07, 6.45) is 7.55. The van der Waals surface area contributed by atoms with E-state index in [1.54, 1.807) is 0 Å². The Morgan fingerprint density at radius 3 is 2.33 bits per heavy atom. The number of unbranched alkanes of at least 4 members (excludes halogenated alkanes) is 5. The van der Waals surface area contributed by atoms with Gasteiger partial charge in [-0.3, -0.25) is 4.79 Å². The minimum atomic E-state index is -0.694. The van der Waals surface area contributed by atoms with Crippen LogP contribution in [0.2, 0.25) is 0 Å². The Balaban J connectivity index is 2.38. The molecule has 0 aliphatic rings. The third-order valence-corrected chi connectivity index (χ3v) is 3.90. The molecule has 0 radical (unpaired) electrons. The number of nitrogens with one attached hydrogen (secondary N) is 1. The van der Waals surface area contributed by atoms with Gasteiger partial charge < -0.3 is 10.4 Å². The number of amides is 1. The van der Waals surface area contributed by atoms with Gasteiger partial charge in [-0.05, 0) is 18.9 Å². The number of hydrogen-bond acceptors (Lipinski definition) is 2. The van der Waals surface area contributed by atoms with Crippen molar-refractivity contribution in [3.05, 3.63) is 35.9 Å². The molecule has 2 N–H and O–H groups in total. The Morgan fingerprint density at radius 2 is 1.71 bits per heavy atom. The van der Waals surface area contributed by atoms with E-state index >= 15 is 0 Å².